The maximum atomic E-state index is 12.9. The van der Waals surface area contributed by atoms with E-state index in [9.17, 15) is 9.59 Å². The van der Waals surface area contributed by atoms with Crippen LogP contribution in [0.5, 0.6) is 11.5 Å². The van der Waals surface area contributed by atoms with Crippen LogP contribution in [0.2, 0.25) is 0 Å². The molecule has 0 saturated carbocycles. The van der Waals surface area contributed by atoms with Gasteiger partial charge in [-0.1, -0.05) is 6.07 Å². The number of benzene rings is 2. The van der Waals surface area contributed by atoms with Gasteiger partial charge < -0.3 is 19.7 Å². The molecule has 0 radical (unpaired) electrons. The van der Waals surface area contributed by atoms with Gasteiger partial charge in [0.05, 0.1) is 14.2 Å². The van der Waals surface area contributed by atoms with Crippen molar-refractivity contribution in [3.8, 4) is 11.5 Å². The third-order valence-electron chi connectivity index (χ3n) is 3.52. The molecule has 0 aliphatic rings. The van der Waals surface area contributed by atoms with Crippen LogP contribution in [0.25, 0.3) is 0 Å². The molecule has 0 aromatic heterocycles. The second-order valence-corrected chi connectivity index (χ2v) is 5.13. The van der Waals surface area contributed by atoms with Gasteiger partial charge in [0.25, 0.3) is 5.91 Å². The molecular weight excluding hydrogens is 308 g/mol. The SMILES string of the molecule is COc1cccc(OC)c1C(=O)N(C)c1ccc(NC(C)=O)cc1. The lowest BCUT2D eigenvalue weighted by Crippen LogP contribution is -2.27. The normalized spacial score (nSPS) is 10.0. The number of hydrogen-bond donors (Lipinski definition) is 1. The Morgan fingerprint density at radius 3 is 1.96 bits per heavy atom. The molecule has 0 heterocycles. The highest BCUT2D eigenvalue weighted by Crippen LogP contribution is 2.30. The number of nitrogens with one attached hydrogen (secondary N) is 1. The fraction of sp³-hybridized carbons (Fsp3) is 0.222. The summed E-state index contributed by atoms with van der Waals surface area (Å²) in [6, 6.07) is 12.2. The Hall–Kier alpha value is -3.02. The topological polar surface area (TPSA) is 67.9 Å². The monoisotopic (exact) mass is 328 g/mol. The Morgan fingerprint density at radius 1 is 0.958 bits per heavy atom. The zero-order valence-electron chi connectivity index (χ0n) is 14.1. The lowest BCUT2D eigenvalue weighted by Gasteiger charge is -2.20. The van der Waals surface area contributed by atoms with E-state index >= 15 is 0 Å². The van der Waals surface area contributed by atoms with Crippen LogP contribution < -0.4 is 19.7 Å². The number of ether oxygens (including phenoxy) is 2. The molecule has 0 saturated heterocycles. The Kier molecular flexibility index (Phi) is 5.42. The zero-order valence-corrected chi connectivity index (χ0v) is 14.1. The van der Waals surface area contributed by atoms with Gasteiger partial charge in [-0.25, -0.2) is 0 Å². The van der Waals surface area contributed by atoms with Crippen LogP contribution in [0.15, 0.2) is 42.5 Å². The van der Waals surface area contributed by atoms with Gasteiger partial charge in [0, 0.05) is 25.3 Å². The van der Waals surface area contributed by atoms with Crippen molar-refractivity contribution in [3.63, 3.8) is 0 Å². The van der Waals surface area contributed by atoms with Crippen LogP contribution in [-0.2, 0) is 4.79 Å². The highest BCUT2D eigenvalue weighted by Gasteiger charge is 2.22. The van der Waals surface area contributed by atoms with Gasteiger partial charge in [-0.3, -0.25) is 9.59 Å². The van der Waals surface area contributed by atoms with Crippen LogP contribution in [-0.4, -0.2) is 33.1 Å². The molecule has 2 aromatic rings. The molecule has 0 fully saturated rings. The van der Waals surface area contributed by atoms with Gasteiger partial charge in [0.1, 0.15) is 17.1 Å². The lowest BCUT2D eigenvalue weighted by molar-refractivity contribution is -0.114. The average Bonchev–Trinajstić information content (AvgIpc) is 2.59. The van der Waals surface area contributed by atoms with Crippen LogP contribution in [0.3, 0.4) is 0 Å². The van der Waals surface area contributed by atoms with E-state index in [1.165, 1.54) is 26.0 Å². The summed E-state index contributed by atoms with van der Waals surface area (Å²) in [5.74, 6) is 0.490. The van der Waals surface area contributed by atoms with Crippen molar-refractivity contribution in [2.24, 2.45) is 0 Å². The number of amides is 2. The second-order valence-electron chi connectivity index (χ2n) is 5.13. The van der Waals surface area contributed by atoms with Crippen molar-refractivity contribution in [1.29, 1.82) is 0 Å². The average molecular weight is 328 g/mol. The van der Waals surface area contributed by atoms with E-state index < -0.39 is 0 Å². The summed E-state index contributed by atoms with van der Waals surface area (Å²) in [5.41, 5.74) is 1.71. The van der Waals surface area contributed by atoms with Gasteiger partial charge in [-0.15, -0.1) is 0 Å². The van der Waals surface area contributed by atoms with E-state index in [4.69, 9.17) is 9.47 Å². The molecule has 0 atom stereocenters. The summed E-state index contributed by atoms with van der Waals surface area (Å²) in [5, 5.41) is 2.69. The predicted molar refractivity (Wildman–Crippen MR) is 93.0 cm³/mol. The number of methoxy groups -OCH3 is 2. The van der Waals surface area contributed by atoms with Crippen LogP contribution >= 0.6 is 0 Å². The van der Waals surface area contributed by atoms with Crippen molar-refractivity contribution in [3.05, 3.63) is 48.0 Å². The smallest absolute Gasteiger partial charge is 0.265 e. The molecule has 2 amide bonds. The first-order chi connectivity index (χ1) is 11.5. The molecule has 0 bridgehead atoms. The van der Waals surface area contributed by atoms with Crippen molar-refractivity contribution < 1.29 is 19.1 Å². The van der Waals surface area contributed by atoms with E-state index in [0.29, 0.717) is 28.4 Å². The second kappa shape index (κ2) is 7.50. The number of carbonyl (C=O) groups excluding carboxylic acids is 2. The van der Waals surface area contributed by atoms with E-state index in [-0.39, 0.29) is 11.8 Å². The van der Waals surface area contributed by atoms with Gasteiger partial charge in [-0.05, 0) is 36.4 Å². The molecule has 126 valence electrons. The number of carbonyl (C=O) groups is 2. The van der Waals surface area contributed by atoms with Crippen molar-refractivity contribution >= 4 is 23.2 Å². The fourth-order valence-electron chi connectivity index (χ4n) is 2.32. The lowest BCUT2D eigenvalue weighted by atomic mass is 10.1. The first-order valence-corrected chi connectivity index (χ1v) is 7.34. The number of nitrogens with zero attached hydrogens (tertiary/aromatic N) is 1. The molecule has 2 aromatic carbocycles. The molecule has 24 heavy (non-hydrogen) atoms. The molecule has 0 unspecified atom stereocenters. The minimum absolute atomic E-state index is 0.147. The number of anilines is 2. The minimum atomic E-state index is -0.253. The molecule has 1 N–H and O–H groups in total. The molecule has 6 nitrogen and oxygen atoms in total. The van der Waals surface area contributed by atoms with E-state index in [0.717, 1.165) is 0 Å². The van der Waals surface area contributed by atoms with Gasteiger partial charge in [0.15, 0.2) is 0 Å². The van der Waals surface area contributed by atoms with Gasteiger partial charge in [-0.2, -0.15) is 0 Å². The Labute approximate surface area is 141 Å². The first-order valence-electron chi connectivity index (χ1n) is 7.34. The standard InChI is InChI=1S/C18H20N2O4/c1-12(21)19-13-8-10-14(11-9-13)20(2)18(22)17-15(23-3)6-5-7-16(17)24-4/h5-11H,1-4H3,(H,19,21). The summed E-state index contributed by atoms with van der Waals surface area (Å²) >= 11 is 0. The third kappa shape index (κ3) is 3.65. The maximum absolute atomic E-state index is 12.9. The largest absolute Gasteiger partial charge is 0.496 e. The highest BCUT2D eigenvalue weighted by atomic mass is 16.5. The zero-order chi connectivity index (χ0) is 17.7. The molecule has 2 rings (SSSR count). The van der Waals surface area contributed by atoms with Crippen molar-refractivity contribution in [1.82, 2.24) is 0 Å². The summed E-state index contributed by atoms with van der Waals surface area (Å²) in [6.45, 7) is 1.44. The van der Waals surface area contributed by atoms with Crippen LogP contribution in [0, 0.1) is 0 Å². The first kappa shape index (κ1) is 17.3. The summed E-state index contributed by atoms with van der Waals surface area (Å²) in [4.78, 5) is 25.4. The quantitative estimate of drug-likeness (QED) is 0.916. The fourth-order valence-corrected chi connectivity index (χ4v) is 2.32. The van der Waals surface area contributed by atoms with E-state index in [2.05, 4.69) is 5.32 Å². The van der Waals surface area contributed by atoms with E-state index in [1.54, 1.807) is 49.5 Å². The Bertz CT molecular complexity index is 719. The Morgan fingerprint density at radius 2 is 1.50 bits per heavy atom. The van der Waals surface area contributed by atoms with Crippen molar-refractivity contribution in [2.75, 3.05) is 31.5 Å². The van der Waals surface area contributed by atoms with Crippen LogP contribution in [0.4, 0.5) is 11.4 Å². The Balaban J connectivity index is 2.31. The molecule has 0 aliphatic carbocycles. The van der Waals surface area contributed by atoms with Crippen molar-refractivity contribution in [2.45, 2.75) is 6.92 Å². The van der Waals surface area contributed by atoms with Crippen LogP contribution in [0.1, 0.15) is 17.3 Å². The van der Waals surface area contributed by atoms with Gasteiger partial charge >= 0.3 is 0 Å². The molecule has 0 spiro atoms. The summed E-state index contributed by atoms with van der Waals surface area (Å²) < 4.78 is 10.6. The maximum Gasteiger partial charge on any atom is 0.265 e. The minimum Gasteiger partial charge on any atom is -0.496 e. The van der Waals surface area contributed by atoms with E-state index in [1.807, 2.05) is 0 Å². The molecule has 0 aliphatic heterocycles. The molecule has 6 heteroatoms. The number of hydrogen-bond acceptors (Lipinski definition) is 4. The third-order valence-corrected chi connectivity index (χ3v) is 3.52. The summed E-state index contributed by atoms with van der Waals surface area (Å²) in [7, 11) is 4.68. The highest BCUT2D eigenvalue weighted by molar-refractivity contribution is 6.09. The summed E-state index contributed by atoms with van der Waals surface area (Å²) in [6.07, 6.45) is 0. The molecular formula is C18H20N2O4. The van der Waals surface area contributed by atoms with Gasteiger partial charge in [0.2, 0.25) is 5.91 Å². The number of rotatable bonds is 5. The predicted octanol–water partition coefficient (Wildman–Crippen LogP) is 2.94.